The van der Waals surface area contributed by atoms with E-state index >= 15 is 0 Å². The number of alkyl halides is 3. The molecule has 2 aromatic rings. The molecule has 0 saturated carbocycles. The van der Waals surface area contributed by atoms with Gasteiger partial charge in [0.25, 0.3) is 0 Å². The van der Waals surface area contributed by atoms with Gasteiger partial charge in [0, 0.05) is 12.7 Å². The Kier molecular flexibility index (Phi) is 5.82. The van der Waals surface area contributed by atoms with E-state index in [0.29, 0.717) is 22.3 Å². The third-order valence-electron chi connectivity index (χ3n) is 3.16. The number of hydrogen-bond donors (Lipinski definition) is 2. The molecule has 0 saturated heterocycles. The Labute approximate surface area is 144 Å². The molecule has 130 valence electrons. The smallest absolute Gasteiger partial charge is 0.362 e. The monoisotopic (exact) mass is 356 g/mol. The van der Waals surface area contributed by atoms with Gasteiger partial charge in [0.05, 0.1) is 24.0 Å². The largest absolute Gasteiger partial charge is 0.416 e. The summed E-state index contributed by atoms with van der Waals surface area (Å²) in [6.45, 7) is 5.15. The third-order valence-corrected chi connectivity index (χ3v) is 3.41. The normalized spacial score (nSPS) is 11.6. The van der Waals surface area contributed by atoms with E-state index in [4.69, 9.17) is 12.2 Å². The van der Waals surface area contributed by atoms with Gasteiger partial charge >= 0.3 is 6.18 Å². The molecule has 8 heteroatoms. The van der Waals surface area contributed by atoms with E-state index in [9.17, 15) is 13.2 Å². The highest BCUT2D eigenvalue weighted by Gasteiger charge is 2.30. The van der Waals surface area contributed by atoms with Crippen molar-refractivity contribution in [1.82, 2.24) is 15.1 Å². The van der Waals surface area contributed by atoms with E-state index in [1.165, 1.54) is 6.07 Å². The van der Waals surface area contributed by atoms with Gasteiger partial charge in [-0.3, -0.25) is 4.68 Å². The minimum atomic E-state index is -4.35. The maximum Gasteiger partial charge on any atom is 0.416 e. The second-order valence-electron chi connectivity index (χ2n) is 5.85. The van der Waals surface area contributed by atoms with Crippen LogP contribution >= 0.6 is 12.2 Å². The van der Waals surface area contributed by atoms with Crippen LogP contribution in [-0.2, 0) is 12.7 Å². The highest BCUT2D eigenvalue weighted by Crippen LogP contribution is 2.29. The second kappa shape index (κ2) is 7.65. The van der Waals surface area contributed by atoms with Crippen molar-refractivity contribution in [2.75, 3.05) is 11.9 Å². The fraction of sp³-hybridized carbons (Fsp3) is 0.375. The average Bonchev–Trinajstić information content (AvgIpc) is 2.91. The van der Waals surface area contributed by atoms with Crippen molar-refractivity contribution in [2.45, 2.75) is 26.6 Å². The van der Waals surface area contributed by atoms with Gasteiger partial charge in [0.1, 0.15) is 0 Å². The summed E-state index contributed by atoms with van der Waals surface area (Å²) in [5, 5.41) is 10.7. The number of aromatic nitrogens is 2. The highest BCUT2D eigenvalue weighted by molar-refractivity contribution is 7.80. The van der Waals surface area contributed by atoms with Gasteiger partial charge in [0.2, 0.25) is 0 Å². The summed E-state index contributed by atoms with van der Waals surface area (Å²) in [6.07, 6.45) is -1.07. The van der Waals surface area contributed by atoms with Gasteiger partial charge < -0.3 is 10.6 Å². The van der Waals surface area contributed by atoms with Gasteiger partial charge in [0.15, 0.2) is 5.11 Å². The van der Waals surface area contributed by atoms with E-state index in [1.54, 1.807) is 23.1 Å². The zero-order valence-corrected chi connectivity index (χ0v) is 14.2. The molecule has 0 fully saturated rings. The van der Waals surface area contributed by atoms with Crippen LogP contribution in [0.5, 0.6) is 0 Å². The van der Waals surface area contributed by atoms with Crippen LogP contribution in [0.2, 0.25) is 0 Å². The van der Waals surface area contributed by atoms with E-state index in [-0.39, 0.29) is 6.54 Å². The predicted molar refractivity (Wildman–Crippen MR) is 91.8 cm³/mol. The fourth-order valence-corrected chi connectivity index (χ4v) is 2.22. The summed E-state index contributed by atoms with van der Waals surface area (Å²) in [5.74, 6) is 0.466. The molecule has 1 aromatic carbocycles. The summed E-state index contributed by atoms with van der Waals surface area (Å²) in [6, 6.07) is 5.21. The van der Waals surface area contributed by atoms with Crippen molar-refractivity contribution in [1.29, 1.82) is 0 Å². The Morgan fingerprint density at radius 1 is 1.33 bits per heavy atom. The lowest BCUT2D eigenvalue weighted by molar-refractivity contribution is -0.137. The Morgan fingerprint density at radius 3 is 2.75 bits per heavy atom. The van der Waals surface area contributed by atoms with Crippen LogP contribution in [0.4, 0.5) is 18.9 Å². The van der Waals surface area contributed by atoms with Crippen molar-refractivity contribution < 1.29 is 13.2 Å². The Balaban J connectivity index is 1.98. The minimum Gasteiger partial charge on any atom is -0.362 e. The zero-order valence-electron chi connectivity index (χ0n) is 13.4. The molecule has 2 N–H and O–H groups in total. The van der Waals surface area contributed by atoms with Crippen LogP contribution in [0.3, 0.4) is 0 Å². The van der Waals surface area contributed by atoms with Crippen LogP contribution in [0.1, 0.15) is 25.0 Å². The topological polar surface area (TPSA) is 41.9 Å². The van der Waals surface area contributed by atoms with Gasteiger partial charge in [-0.2, -0.15) is 18.3 Å². The Bertz CT molecular complexity index is 695. The average molecular weight is 356 g/mol. The lowest BCUT2D eigenvalue weighted by Gasteiger charge is -2.10. The number of hydrogen-bond acceptors (Lipinski definition) is 2. The first kappa shape index (κ1) is 18.3. The molecule has 0 bridgehead atoms. The van der Waals surface area contributed by atoms with E-state index < -0.39 is 11.7 Å². The number of nitrogens with zero attached hydrogens (tertiary/aromatic N) is 2. The van der Waals surface area contributed by atoms with E-state index in [2.05, 4.69) is 29.6 Å². The molecule has 24 heavy (non-hydrogen) atoms. The van der Waals surface area contributed by atoms with Crippen molar-refractivity contribution in [3.8, 4) is 0 Å². The van der Waals surface area contributed by atoms with Crippen molar-refractivity contribution >= 4 is 23.0 Å². The molecule has 0 spiro atoms. The molecule has 0 unspecified atom stereocenters. The number of thiocarbonyl (C=S) groups is 1. The summed E-state index contributed by atoms with van der Waals surface area (Å²) in [7, 11) is 0. The fourth-order valence-electron chi connectivity index (χ4n) is 2.02. The highest BCUT2D eigenvalue weighted by atomic mass is 32.1. The van der Waals surface area contributed by atoms with Crippen LogP contribution in [0.15, 0.2) is 36.7 Å². The molecule has 0 aliphatic rings. The maximum absolute atomic E-state index is 12.7. The van der Waals surface area contributed by atoms with Crippen LogP contribution in [-0.4, -0.2) is 21.4 Å². The number of rotatable bonds is 5. The summed E-state index contributed by atoms with van der Waals surface area (Å²) in [4.78, 5) is 0. The summed E-state index contributed by atoms with van der Waals surface area (Å²) >= 11 is 5.17. The molecule has 0 radical (unpaired) electrons. The van der Waals surface area contributed by atoms with Crippen LogP contribution in [0, 0.1) is 5.92 Å². The molecule has 0 amide bonds. The number of anilines is 1. The lowest BCUT2D eigenvalue weighted by Crippen LogP contribution is -2.31. The predicted octanol–water partition coefficient (Wildman–Crippen LogP) is 3.89. The SMILES string of the molecule is CC(C)CNC(=S)Nc1cnn(Cc2cccc(C(F)(F)F)c2)c1. The zero-order chi connectivity index (χ0) is 17.7. The molecule has 0 atom stereocenters. The van der Waals surface area contributed by atoms with Gasteiger partial charge in [-0.15, -0.1) is 0 Å². The van der Waals surface area contributed by atoms with Gasteiger partial charge in [-0.1, -0.05) is 26.0 Å². The molecule has 0 aliphatic heterocycles. The van der Waals surface area contributed by atoms with Crippen LogP contribution < -0.4 is 10.6 Å². The Hall–Kier alpha value is -2.09. The van der Waals surface area contributed by atoms with Gasteiger partial charge in [-0.05, 0) is 35.8 Å². The van der Waals surface area contributed by atoms with Crippen molar-refractivity contribution in [3.05, 3.63) is 47.8 Å². The first-order chi connectivity index (χ1) is 11.2. The molecule has 2 rings (SSSR count). The number of benzene rings is 1. The van der Waals surface area contributed by atoms with Crippen LogP contribution in [0.25, 0.3) is 0 Å². The summed E-state index contributed by atoms with van der Waals surface area (Å²) < 4.78 is 39.7. The first-order valence-corrected chi connectivity index (χ1v) is 7.88. The number of halogens is 3. The molecule has 1 aromatic heterocycles. The number of nitrogens with one attached hydrogen (secondary N) is 2. The van der Waals surface area contributed by atoms with E-state index in [0.717, 1.165) is 18.7 Å². The minimum absolute atomic E-state index is 0.248. The van der Waals surface area contributed by atoms with Crippen molar-refractivity contribution in [3.63, 3.8) is 0 Å². The second-order valence-corrected chi connectivity index (χ2v) is 6.26. The molecule has 4 nitrogen and oxygen atoms in total. The standard InChI is InChI=1S/C16H19F3N4S/c1-11(2)7-20-15(24)22-14-8-21-23(10-14)9-12-4-3-5-13(6-12)16(17,18)19/h3-6,8,10-11H,7,9H2,1-2H3,(H2,20,22,24). The molecular weight excluding hydrogens is 337 g/mol. The first-order valence-electron chi connectivity index (χ1n) is 7.47. The third kappa shape index (κ3) is 5.52. The van der Waals surface area contributed by atoms with Crippen molar-refractivity contribution in [2.24, 2.45) is 5.92 Å². The maximum atomic E-state index is 12.7. The quantitative estimate of drug-likeness (QED) is 0.798. The Morgan fingerprint density at radius 2 is 2.08 bits per heavy atom. The van der Waals surface area contributed by atoms with E-state index in [1.807, 2.05) is 0 Å². The molecule has 1 heterocycles. The molecule has 0 aliphatic carbocycles. The summed E-state index contributed by atoms with van der Waals surface area (Å²) in [5.41, 5.74) is 0.549. The molecular formula is C16H19F3N4S. The van der Waals surface area contributed by atoms with Gasteiger partial charge in [-0.25, -0.2) is 0 Å². The lowest BCUT2D eigenvalue weighted by atomic mass is 10.1.